The molecule has 0 aliphatic rings. The number of fused-ring (bicyclic) bond motifs is 1. The molecule has 1 amide bonds. The van der Waals surface area contributed by atoms with E-state index in [9.17, 15) is 14.3 Å². The van der Waals surface area contributed by atoms with Crippen LogP contribution in [-0.2, 0) is 6.42 Å². The van der Waals surface area contributed by atoms with Crippen molar-refractivity contribution in [1.29, 1.82) is 0 Å². The Morgan fingerprint density at radius 2 is 1.78 bits per heavy atom. The van der Waals surface area contributed by atoms with E-state index in [1.807, 2.05) is 48.5 Å². The lowest BCUT2D eigenvalue weighted by Gasteiger charge is -2.28. The number of nitrogens with one attached hydrogen (secondary N) is 2. The van der Waals surface area contributed by atoms with E-state index in [4.69, 9.17) is 11.6 Å². The summed E-state index contributed by atoms with van der Waals surface area (Å²) in [7, 11) is 0. The molecule has 37 heavy (non-hydrogen) atoms. The number of aliphatic hydroxyl groups is 1. The van der Waals surface area contributed by atoms with Gasteiger partial charge in [-0.05, 0) is 57.2 Å². The summed E-state index contributed by atoms with van der Waals surface area (Å²) in [5.74, 6) is -0.132. The Labute approximate surface area is 220 Å². The van der Waals surface area contributed by atoms with Gasteiger partial charge in [-0.2, -0.15) is 0 Å². The SMILES string of the molecule is CC(C)(F)CC[C@H](C[C@H](O)[C@H](Cc1ccccc1)NC(=O)c1cnc2ccccc2n1)c1ncc(Cl)[nH]1. The minimum absolute atomic E-state index is 0.164. The van der Waals surface area contributed by atoms with Gasteiger partial charge in [0.25, 0.3) is 5.91 Å². The Morgan fingerprint density at radius 1 is 1.08 bits per heavy atom. The van der Waals surface area contributed by atoms with Crippen LogP contribution in [0.15, 0.2) is 67.0 Å². The van der Waals surface area contributed by atoms with E-state index in [1.165, 1.54) is 26.2 Å². The summed E-state index contributed by atoms with van der Waals surface area (Å²) in [5, 5.41) is 14.7. The molecule has 0 saturated carbocycles. The number of rotatable bonds is 11. The van der Waals surface area contributed by atoms with Crippen molar-refractivity contribution < 1.29 is 14.3 Å². The van der Waals surface area contributed by atoms with Crippen molar-refractivity contribution in [1.82, 2.24) is 25.3 Å². The molecule has 0 radical (unpaired) electrons. The van der Waals surface area contributed by atoms with Crippen molar-refractivity contribution in [2.45, 2.75) is 63.3 Å². The highest BCUT2D eigenvalue weighted by Gasteiger charge is 2.29. The van der Waals surface area contributed by atoms with E-state index in [0.29, 0.717) is 34.9 Å². The van der Waals surface area contributed by atoms with Crippen molar-refractivity contribution >= 4 is 28.5 Å². The Morgan fingerprint density at radius 3 is 2.46 bits per heavy atom. The summed E-state index contributed by atoms with van der Waals surface area (Å²) in [6.45, 7) is 3.05. The molecule has 4 rings (SSSR count). The van der Waals surface area contributed by atoms with Gasteiger partial charge >= 0.3 is 0 Å². The number of carbonyl (C=O) groups is 1. The second-order valence-electron chi connectivity index (χ2n) is 9.89. The molecule has 7 nitrogen and oxygen atoms in total. The van der Waals surface area contributed by atoms with Gasteiger partial charge in [0, 0.05) is 5.92 Å². The number of alkyl halides is 1. The number of hydrogen-bond donors (Lipinski definition) is 3. The zero-order valence-electron chi connectivity index (χ0n) is 20.9. The molecule has 9 heteroatoms. The Bertz CT molecular complexity index is 1320. The molecule has 0 fully saturated rings. The van der Waals surface area contributed by atoms with E-state index < -0.39 is 23.7 Å². The number of aliphatic hydroxyl groups excluding tert-OH is 1. The first-order chi connectivity index (χ1) is 17.7. The molecule has 3 N–H and O–H groups in total. The number of nitrogens with zero attached hydrogens (tertiary/aromatic N) is 3. The second kappa shape index (κ2) is 11.8. The molecule has 2 aromatic heterocycles. The number of H-pyrrole nitrogens is 1. The lowest BCUT2D eigenvalue weighted by atomic mass is 9.88. The summed E-state index contributed by atoms with van der Waals surface area (Å²) >= 11 is 6.05. The molecule has 4 aromatic rings. The van der Waals surface area contributed by atoms with Crippen LogP contribution in [0.1, 0.15) is 60.9 Å². The van der Waals surface area contributed by atoms with Gasteiger partial charge in [-0.3, -0.25) is 9.78 Å². The van der Waals surface area contributed by atoms with Gasteiger partial charge in [0.05, 0.1) is 35.6 Å². The third-order valence-electron chi connectivity index (χ3n) is 6.33. The Kier molecular flexibility index (Phi) is 8.51. The number of imidazole rings is 1. The number of halogens is 2. The van der Waals surface area contributed by atoms with Crippen molar-refractivity contribution in [2.24, 2.45) is 0 Å². The number of para-hydroxylation sites is 2. The largest absolute Gasteiger partial charge is 0.391 e. The van der Waals surface area contributed by atoms with Gasteiger partial charge < -0.3 is 15.4 Å². The highest BCUT2D eigenvalue weighted by molar-refractivity contribution is 6.29. The molecule has 3 atom stereocenters. The first-order valence-corrected chi connectivity index (χ1v) is 12.7. The first-order valence-electron chi connectivity index (χ1n) is 12.3. The molecule has 0 bridgehead atoms. The van der Waals surface area contributed by atoms with Crippen LogP contribution in [0.25, 0.3) is 11.0 Å². The molecule has 0 saturated heterocycles. The predicted octanol–water partition coefficient (Wildman–Crippen LogP) is 5.41. The number of amides is 1. The summed E-state index contributed by atoms with van der Waals surface area (Å²) in [6.07, 6.45) is 3.36. The summed E-state index contributed by atoms with van der Waals surface area (Å²) < 4.78 is 14.3. The number of aromatic nitrogens is 4. The fraction of sp³-hybridized carbons (Fsp3) is 0.357. The molecule has 0 unspecified atom stereocenters. The molecule has 0 aliphatic heterocycles. The third kappa shape index (κ3) is 7.57. The Balaban J connectivity index is 1.56. The van der Waals surface area contributed by atoms with E-state index in [-0.39, 0.29) is 24.5 Å². The maximum atomic E-state index is 14.3. The molecule has 0 spiro atoms. The maximum absolute atomic E-state index is 14.3. The van der Waals surface area contributed by atoms with Crippen molar-refractivity contribution in [2.75, 3.05) is 0 Å². The van der Waals surface area contributed by atoms with Gasteiger partial charge in [0.15, 0.2) is 0 Å². The lowest BCUT2D eigenvalue weighted by molar-refractivity contribution is 0.0777. The Hall–Kier alpha value is -3.36. The minimum atomic E-state index is -1.37. The van der Waals surface area contributed by atoms with Crippen LogP contribution >= 0.6 is 11.6 Å². The van der Waals surface area contributed by atoms with Crippen LogP contribution < -0.4 is 5.32 Å². The third-order valence-corrected chi connectivity index (χ3v) is 6.52. The van der Waals surface area contributed by atoms with Crippen molar-refractivity contribution in [3.63, 3.8) is 0 Å². The van der Waals surface area contributed by atoms with Crippen LogP contribution in [0, 0.1) is 0 Å². The molecular formula is C28H31ClFN5O2. The van der Waals surface area contributed by atoms with Crippen LogP contribution in [-0.4, -0.2) is 48.8 Å². The van der Waals surface area contributed by atoms with Crippen molar-refractivity contribution in [3.8, 4) is 0 Å². The number of benzene rings is 2. The quantitative estimate of drug-likeness (QED) is 0.244. The molecule has 2 aromatic carbocycles. The van der Waals surface area contributed by atoms with Crippen molar-refractivity contribution in [3.05, 3.63) is 89.2 Å². The van der Waals surface area contributed by atoms with Crippen LogP contribution in [0.4, 0.5) is 4.39 Å². The second-order valence-corrected chi connectivity index (χ2v) is 10.3. The number of carbonyl (C=O) groups excluding carboxylic acids is 1. The van der Waals surface area contributed by atoms with Gasteiger partial charge in [-0.15, -0.1) is 0 Å². The standard InChI is InChI=1S/C28H31ClFN5O2/c1-28(2,30)13-12-19(26-32-17-25(29)35-26)15-24(36)22(14-18-8-4-3-5-9-18)34-27(37)23-16-31-20-10-6-7-11-21(20)33-23/h3-11,16-17,19,22,24,36H,12-15H2,1-2H3,(H,32,35)(H,34,37)/t19-,22+,24+/m1/s1. The first kappa shape index (κ1) is 26.7. The molecule has 0 aliphatic carbocycles. The lowest BCUT2D eigenvalue weighted by Crippen LogP contribution is -2.45. The van der Waals surface area contributed by atoms with Crippen LogP contribution in [0.2, 0.25) is 5.15 Å². The average molecular weight is 524 g/mol. The zero-order chi connectivity index (χ0) is 26.4. The maximum Gasteiger partial charge on any atom is 0.271 e. The van der Waals surface area contributed by atoms with Crippen LogP contribution in [0.5, 0.6) is 0 Å². The minimum Gasteiger partial charge on any atom is -0.391 e. The van der Waals surface area contributed by atoms with Gasteiger partial charge in [-0.25, -0.2) is 14.4 Å². The summed E-state index contributed by atoms with van der Waals surface area (Å²) in [4.78, 5) is 29.3. The van der Waals surface area contributed by atoms with E-state index in [0.717, 1.165) is 5.56 Å². The van der Waals surface area contributed by atoms with Gasteiger partial charge in [0.2, 0.25) is 0 Å². The van der Waals surface area contributed by atoms with E-state index >= 15 is 0 Å². The zero-order valence-corrected chi connectivity index (χ0v) is 21.6. The molecule has 2 heterocycles. The normalized spacial score (nSPS) is 14.3. The highest BCUT2D eigenvalue weighted by atomic mass is 35.5. The predicted molar refractivity (Wildman–Crippen MR) is 142 cm³/mol. The fourth-order valence-corrected chi connectivity index (χ4v) is 4.47. The van der Waals surface area contributed by atoms with Gasteiger partial charge in [0.1, 0.15) is 22.3 Å². The smallest absolute Gasteiger partial charge is 0.271 e. The number of aromatic amines is 1. The molecule has 194 valence electrons. The molecular weight excluding hydrogens is 493 g/mol. The fourth-order valence-electron chi connectivity index (χ4n) is 4.32. The van der Waals surface area contributed by atoms with Crippen LogP contribution in [0.3, 0.4) is 0 Å². The summed E-state index contributed by atoms with van der Waals surface area (Å²) in [6, 6.07) is 16.3. The topological polar surface area (TPSA) is 104 Å². The van der Waals surface area contributed by atoms with E-state index in [1.54, 1.807) is 6.07 Å². The monoisotopic (exact) mass is 523 g/mol. The van der Waals surface area contributed by atoms with Gasteiger partial charge in [-0.1, -0.05) is 54.1 Å². The number of hydrogen-bond acceptors (Lipinski definition) is 5. The highest BCUT2D eigenvalue weighted by Crippen LogP contribution is 2.30. The summed E-state index contributed by atoms with van der Waals surface area (Å²) in [5.41, 5.74) is 1.05. The average Bonchev–Trinajstić information content (AvgIpc) is 3.31. The van der Waals surface area contributed by atoms with E-state index in [2.05, 4.69) is 25.3 Å².